The van der Waals surface area contributed by atoms with Crippen LogP contribution in [0.5, 0.6) is 0 Å². The molecule has 0 radical (unpaired) electrons. The predicted molar refractivity (Wildman–Crippen MR) is 58.3 cm³/mol. The number of rotatable bonds is 3. The predicted octanol–water partition coefficient (Wildman–Crippen LogP) is 3.05. The van der Waals surface area contributed by atoms with Crippen LogP contribution in [0.25, 0.3) is 0 Å². The lowest BCUT2D eigenvalue weighted by molar-refractivity contribution is 0.0640. The minimum atomic E-state index is 0.893. The van der Waals surface area contributed by atoms with Gasteiger partial charge < -0.3 is 4.74 Å². The maximum atomic E-state index is 5.35. The Hall–Kier alpha value is -0.820. The Kier molecular flexibility index (Phi) is 3.58. The molecule has 0 amide bonds. The van der Waals surface area contributed by atoms with Gasteiger partial charge in [0.25, 0.3) is 0 Å². The summed E-state index contributed by atoms with van der Waals surface area (Å²) in [5.41, 5.74) is 1.47. The van der Waals surface area contributed by atoms with E-state index in [1.54, 1.807) is 0 Å². The van der Waals surface area contributed by atoms with E-state index in [4.69, 9.17) is 4.74 Å². The van der Waals surface area contributed by atoms with Crippen LogP contribution >= 0.6 is 0 Å². The molecule has 0 N–H and O–H groups in total. The second kappa shape index (κ2) is 5.16. The normalized spacial score (nSPS) is 18.3. The van der Waals surface area contributed by atoms with Gasteiger partial charge in [0, 0.05) is 13.2 Å². The van der Waals surface area contributed by atoms with E-state index in [1.165, 1.54) is 31.2 Å². The molecule has 1 heterocycles. The van der Waals surface area contributed by atoms with Crippen LogP contribution in [0.3, 0.4) is 0 Å². The van der Waals surface area contributed by atoms with Gasteiger partial charge in [-0.15, -0.1) is 0 Å². The highest BCUT2D eigenvalue weighted by Gasteiger charge is 2.12. The van der Waals surface area contributed by atoms with E-state index in [1.807, 2.05) is 0 Å². The fraction of sp³-hybridized carbons (Fsp3) is 0.538. The van der Waals surface area contributed by atoms with Crippen molar-refractivity contribution in [3.8, 4) is 0 Å². The molecule has 1 saturated heterocycles. The quantitative estimate of drug-likeness (QED) is 0.711. The summed E-state index contributed by atoms with van der Waals surface area (Å²) < 4.78 is 5.35. The molecular formula is C13H18O. The first kappa shape index (κ1) is 9.72. The van der Waals surface area contributed by atoms with E-state index < -0.39 is 0 Å². The summed E-state index contributed by atoms with van der Waals surface area (Å²) >= 11 is 0. The third kappa shape index (κ3) is 2.85. The Balaban J connectivity index is 1.76. The van der Waals surface area contributed by atoms with Crippen molar-refractivity contribution in [2.75, 3.05) is 13.2 Å². The van der Waals surface area contributed by atoms with Gasteiger partial charge in [0.2, 0.25) is 0 Å². The fourth-order valence-corrected chi connectivity index (χ4v) is 2.05. The molecule has 0 bridgehead atoms. The molecule has 1 heteroatoms. The molecule has 1 nitrogen and oxygen atoms in total. The average Bonchev–Trinajstić information content (AvgIpc) is 2.29. The zero-order chi connectivity index (χ0) is 9.64. The Morgan fingerprint density at radius 2 is 1.79 bits per heavy atom. The van der Waals surface area contributed by atoms with Crippen molar-refractivity contribution in [3.05, 3.63) is 35.9 Å². The molecule has 0 aromatic heterocycles. The SMILES string of the molecule is c1ccc(CCC2CCOCC2)cc1. The highest BCUT2D eigenvalue weighted by Crippen LogP contribution is 2.20. The lowest BCUT2D eigenvalue weighted by Crippen LogP contribution is -2.16. The zero-order valence-electron chi connectivity index (χ0n) is 8.61. The zero-order valence-corrected chi connectivity index (χ0v) is 8.61. The summed E-state index contributed by atoms with van der Waals surface area (Å²) in [6.07, 6.45) is 5.07. The Morgan fingerprint density at radius 1 is 1.07 bits per heavy atom. The maximum Gasteiger partial charge on any atom is 0.0468 e. The van der Waals surface area contributed by atoms with Crippen LogP contribution in [0.2, 0.25) is 0 Å². The van der Waals surface area contributed by atoms with Crippen molar-refractivity contribution in [3.63, 3.8) is 0 Å². The molecule has 0 spiro atoms. The average molecular weight is 190 g/mol. The lowest BCUT2D eigenvalue weighted by atomic mass is 9.93. The molecule has 0 saturated carbocycles. The van der Waals surface area contributed by atoms with Crippen molar-refractivity contribution >= 4 is 0 Å². The first-order valence-corrected chi connectivity index (χ1v) is 5.57. The van der Waals surface area contributed by atoms with Crippen LogP contribution in [0.4, 0.5) is 0 Å². The van der Waals surface area contributed by atoms with Crippen LogP contribution in [0, 0.1) is 5.92 Å². The lowest BCUT2D eigenvalue weighted by Gasteiger charge is -2.21. The minimum Gasteiger partial charge on any atom is -0.381 e. The fourth-order valence-electron chi connectivity index (χ4n) is 2.05. The Morgan fingerprint density at radius 3 is 2.50 bits per heavy atom. The molecule has 2 rings (SSSR count). The third-order valence-electron chi connectivity index (χ3n) is 3.02. The van der Waals surface area contributed by atoms with Crippen LogP contribution in [0.1, 0.15) is 24.8 Å². The van der Waals surface area contributed by atoms with Crippen molar-refractivity contribution < 1.29 is 4.74 Å². The third-order valence-corrected chi connectivity index (χ3v) is 3.02. The molecular weight excluding hydrogens is 172 g/mol. The van der Waals surface area contributed by atoms with Gasteiger partial charge in [-0.2, -0.15) is 0 Å². The minimum absolute atomic E-state index is 0.893. The van der Waals surface area contributed by atoms with E-state index >= 15 is 0 Å². The smallest absolute Gasteiger partial charge is 0.0468 e. The monoisotopic (exact) mass is 190 g/mol. The standard InChI is InChI=1S/C13H18O/c1-2-4-12(5-3-1)6-7-13-8-10-14-11-9-13/h1-5,13H,6-11H2. The van der Waals surface area contributed by atoms with Crippen molar-refractivity contribution in [2.24, 2.45) is 5.92 Å². The Labute approximate surface area is 86.1 Å². The van der Waals surface area contributed by atoms with E-state index in [9.17, 15) is 0 Å². The molecule has 0 atom stereocenters. The molecule has 1 aliphatic rings. The van der Waals surface area contributed by atoms with Gasteiger partial charge in [0.15, 0.2) is 0 Å². The van der Waals surface area contributed by atoms with Gasteiger partial charge in [-0.1, -0.05) is 30.3 Å². The highest BCUT2D eigenvalue weighted by atomic mass is 16.5. The van der Waals surface area contributed by atoms with Crippen LogP contribution < -0.4 is 0 Å². The molecule has 1 aliphatic heterocycles. The summed E-state index contributed by atoms with van der Waals surface area (Å²) in [5.74, 6) is 0.893. The summed E-state index contributed by atoms with van der Waals surface area (Å²) in [7, 11) is 0. The van der Waals surface area contributed by atoms with E-state index in [0.717, 1.165) is 19.1 Å². The highest BCUT2D eigenvalue weighted by molar-refractivity contribution is 5.14. The van der Waals surface area contributed by atoms with Gasteiger partial charge in [-0.3, -0.25) is 0 Å². The number of aryl methyl sites for hydroxylation is 1. The molecule has 0 aliphatic carbocycles. The van der Waals surface area contributed by atoms with Gasteiger partial charge in [0.05, 0.1) is 0 Å². The number of ether oxygens (including phenoxy) is 1. The maximum absolute atomic E-state index is 5.35. The van der Waals surface area contributed by atoms with E-state index in [-0.39, 0.29) is 0 Å². The molecule has 0 unspecified atom stereocenters. The van der Waals surface area contributed by atoms with E-state index in [0.29, 0.717) is 0 Å². The molecule has 1 fully saturated rings. The van der Waals surface area contributed by atoms with Crippen LogP contribution in [-0.4, -0.2) is 13.2 Å². The Bertz CT molecular complexity index is 249. The first-order chi connectivity index (χ1) is 6.95. The van der Waals surface area contributed by atoms with Gasteiger partial charge >= 0.3 is 0 Å². The molecule has 14 heavy (non-hydrogen) atoms. The molecule has 1 aromatic carbocycles. The summed E-state index contributed by atoms with van der Waals surface area (Å²) in [6, 6.07) is 10.8. The second-order valence-electron chi connectivity index (χ2n) is 4.08. The van der Waals surface area contributed by atoms with Gasteiger partial charge in [0.1, 0.15) is 0 Å². The van der Waals surface area contributed by atoms with Crippen LogP contribution in [0.15, 0.2) is 30.3 Å². The largest absolute Gasteiger partial charge is 0.381 e. The topological polar surface area (TPSA) is 9.23 Å². The summed E-state index contributed by atoms with van der Waals surface area (Å²) in [6.45, 7) is 1.94. The first-order valence-electron chi connectivity index (χ1n) is 5.57. The van der Waals surface area contributed by atoms with Gasteiger partial charge in [-0.05, 0) is 37.2 Å². The number of hydrogen-bond donors (Lipinski definition) is 0. The van der Waals surface area contributed by atoms with Gasteiger partial charge in [-0.25, -0.2) is 0 Å². The van der Waals surface area contributed by atoms with Crippen LogP contribution in [-0.2, 0) is 11.2 Å². The van der Waals surface area contributed by atoms with Crippen molar-refractivity contribution in [1.29, 1.82) is 0 Å². The number of hydrogen-bond acceptors (Lipinski definition) is 1. The summed E-state index contributed by atoms with van der Waals surface area (Å²) in [5, 5.41) is 0. The van der Waals surface area contributed by atoms with E-state index in [2.05, 4.69) is 30.3 Å². The summed E-state index contributed by atoms with van der Waals surface area (Å²) in [4.78, 5) is 0. The molecule has 76 valence electrons. The van der Waals surface area contributed by atoms with Crippen molar-refractivity contribution in [1.82, 2.24) is 0 Å². The number of benzene rings is 1. The van der Waals surface area contributed by atoms with Crippen molar-refractivity contribution in [2.45, 2.75) is 25.7 Å². The molecule has 1 aromatic rings. The second-order valence-corrected chi connectivity index (χ2v) is 4.08.